The summed E-state index contributed by atoms with van der Waals surface area (Å²) in [5.41, 5.74) is 4.17. The van der Waals surface area contributed by atoms with E-state index in [0.717, 1.165) is 22.4 Å². The molecule has 2 N–H and O–H groups in total. The highest BCUT2D eigenvalue weighted by molar-refractivity contribution is 7.20. The number of benzene rings is 2. The molecule has 0 radical (unpaired) electrons. The van der Waals surface area contributed by atoms with Gasteiger partial charge in [0.15, 0.2) is 0 Å². The highest BCUT2D eigenvalue weighted by Gasteiger charge is 2.20. The number of amides is 2. The van der Waals surface area contributed by atoms with Crippen LogP contribution < -0.4 is 16.2 Å². The van der Waals surface area contributed by atoms with E-state index in [-0.39, 0.29) is 23.9 Å². The Morgan fingerprint density at radius 1 is 1.06 bits per heavy atom. The van der Waals surface area contributed by atoms with E-state index in [0.29, 0.717) is 33.6 Å². The normalized spacial score (nSPS) is 10.9. The number of rotatable bonds is 7. The number of nitrogens with zero attached hydrogens (tertiary/aromatic N) is 2. The van der Waals surface area contributed by atoms with Gasteiger partial charge in [-0.05, 0) is 49.9 Å². The fraction of sp³-hybridized carbons (Fsp3) is 0.231. The second-order valence-corrected chi connectivity index (χ2v) is 9.27. The van der Waals surface area contributed by atoms with Crippen LogP contribution >= 0.6 is 11.3 Å². The van der Waals surface area contributed by atoms with Crippen molar-refractivity contribution in [3.8, 4) is 0 Å². The van der Waals surface area contributed by atoms with Crippen molar-refractivity contribution in [3.63, 3.8) is 0 Å². The summed E-state index contributed by atoms with van der Waals surface area (Å²) >= 11 is 1.18. The summed E-state index contributed by atoms with van der Waals surface area (Å²) < 4.78 is 1.28. The number of carbonyl (C=O) groups is 2. The van der Waals surface area contributed by atoms with Crippen LogP contribution in [0, 0.1) is 20.8 Å². The number of nitrogens with one attached hydrogen (secondary N) is 2. The number of hydrogen-bond acceptors (Lipinski definition) is 5. The smallest absolute Gasteiger partial charge is 0.266 e. The van der Waals surface area contributed by atoms with Gasteiger partial charge in [-0.25, -0.2) is 4.98 Å². The first-order valence-corrected chi connectivity index (χ1v) is 11.8. The van der Waals surface area contributed by atoms with Gasteiger partial charge in [0, 0.05) is 12.2 Å². The molecule has 2 heterocycles. The monoisotopic (exact) mass is 474 g/mol. The lowest BCUT2D eigenvalue weighted by molar-refractivity contribution is -0.121. The highest BCUT2D eigenvalue weighted by atomic mass is 32.1. The lowest BCUT2D eigenvalue weighted by atomic mass is 10.1. The number of thiophene rings is 1. The zero-order chi connectivity index (χ0) is 24.2. The quantitative estimate of drug-likeness (QED) is 0.424. The third kappa shape index (κ3) is 5.07. The van der Waals surface area contributed by atoms with Crippen molar-refractivity contribution in [2.24, 2.45) is 0 Å². The van der Waals surface area contributed by atoms with E-state index in [4.69, 9.17) is 0 Å². The molecule has 0 unspecified atom stereocenters. The molecule has 2 aromatic carbocycles. The standard InChI is InChI=1S/C26H26N4O3S/c1-16-9-10-20(17(2)13-16)29-24(32)23-18(3)22-25(34-23)28-15-30(26(22)33)14-21(31)27-12-11-19-7-5-4-6-8-19/h4-10,13,15H,11-12,14H2,1-3H3,(H,27,31)(H,29,32). The van der Waals surface area contributed by atoms with Gasteiger partial charge < -0.3 is 10.6 Å². The summed E-state index contributed by atoms with van der Waals surface area (Å²) in [6.45, 7) is 6.02. The maximum atomic E-state index is 13.1. The zero-order valence-electron chi connectivity index (χ0n) is 19.3. The molecule has 0 spiro atoms. The summed E-state index contributed by atoms with van der Waals surface area (Å²) in [6, 6.07) is 15.7. The Morgan fingerprint density at radius 2 is 1.82 bits per heavy atom. The molecule has 0 aliphatic rings. The molecule has 34 heavy (non-hydrogen) atoms. The second-order valence-electron chi connectivity index (χ2n) is 8.27. The van der Waals surface area contributed by atoms with Crippen LogP contribution in [0.2, 0.25) is 0 Å². The minimum Gasteiger partial charge on any atom is -0.354 e. The number of aromatic nitrogens is 2. The number of carbonyl (C=O) groups excluding carboxylic acids is 2. The molecule has 2 aromatic heterocycles. The number of anilines is 1. The van der Waals surface area contributed by atoms with Gasteiger partial charge in [0.25, 0.3) is 11.5 Å². The van der Waals surface area contributed by atoms with E-state index in [9.17, 15) is 14.4 Å². The Kier molecular flexibility index (Phi) is 6.88. The van der Waals surface area contributed by atoms with Crippen molar-refractivity contribution in [2.75, 3.05) is 11.9 Å². The lowest BCUT2D eigenvalue weighted by Gasteiger charge is -2.08. The minimum atomic E-state index is -0.331. The van der Waals surface area contributed by atoms with E-state index in [2.05, 4.69) is 15.6 Å². The first-order valence-electron chi connectivity index (χ1n) is 11.0. The molecule has 0 saturated carbocycles. The van der Waals surface area contributed by atoms with Crippen LogP contribution in [-0.4, -0.2) is 27.9 Å². The second kappa shape index (κ2) is 10.0. The summed E-state index contributed by atoms with van der Waals surface area (Å²) in [4.78, 5) is 43.7. The molecule has 7 nitrogen and oxygen atoms in total. The van der Waals surface area contributed by atoms with Gasteiger partial charge in [0.2, 0.25) is 5.91 Å². The van der Waals surface area contributed by atoms with E-state index in [1.54, 1.807) is 6.92 Å². The van der Waals surface area contributed by atoms with Crippen molar-refractivity contribution in [3.05, 3.63) is 92.3 Å². The van der Waals surface area contributed by atoms with Gasteiger partial charge >= 0.3 is 0 Å². The molecular formula is C26H26N4O3S. The van der Waals surface area contributed by atoms with E-state index in [1.807, 2.05) is 62.4 Å². The van der Waals surface area contributed by atoms with Crippen molar-refractivity contribution >= 4 is 39.1 Å². The number of fused-ring (bicyclic) bond motifs is 1. The van der Waals surface area contributed by atoms with Crippen molar-refractivity contribution in [1.82, 2.24) is 14.9 Å². The van der Waals surface area contributed by atoms with Gasteiger partial charge in [-0.1, -0.05) is 48.0 Å². The van der Waals surface area contributed by atoms with Gasteiger partial charge in [-0.15, -0.1) is 11.3 Å². The summed E-state index contributed by atoms with van der Waals surface area (Å²) in [5, 5.41) is 6.14. The average Bonchev–Trinajstić information content (AvgIpc) is 3.15. The molecule has 8 heteroatoms. The SMILES string of the molecule is Cc1ccc(NC(=O)c2sc3ncn(CC(=O)NCCc4ccccc4)c(=O)c3c2C)c(C)c1. The van der Waals surface area contributed by atoms with Gasteiger partial charge in [-0.2, -0.15) is 0 Å². The van der Waals surface area contributed by atoms with Crippen LogP contribution in [-0.2, 0) is 17.8 Å². The topological polar surface area (TPSA) is 93.1 Å². The largest absolute Gasteiger partial charge is 0.354 e. The Morgan fingerprint density at radius 3 is 2.56 bits per heavy atom. The molecule has 0 fully saturated rings. The lowest BCUT2D eigenvalue weighted by Crippen LogP contribution is -2.33. The molecular weight excluding hydrogens is 448 g/mol. The van der Waals surface area contributed by atoms with Crippen molar-refractivity contribution in [1.29, 1.82) is 0 Å². The summed E-state index contributed by atoms with van der Waals surface area (Å²) in [7, 11) is 0. The average molecular weight is 475 g/mol. The maximum absolute atomic E-state index is 13.1. The number of hydrogen-bond donors (Lipinski definition) is 2. The molecule has 4 aromatic rings. The van der Waals surface area contributed by atoms with Gasteiger partial charge in [-0.3, -0.25) is 19.0 Å². The van der Waals surface area contributed by atoms with Crippen LogP contribution in [0.15, 0.2) is 59.7 Å². The van der Waals surface area contributed by atoms with Crippen LogP contribution in [0.1, 0.15) is 31.9 Å². The fourth-order valence-corrected chi connectivity index (χ4v) is 4.86. The molecule has 0 aliphatic heterocycles. The molecule has 174 valence electrons. The Hall–Kier alpha value is -3.78. The third-order valence-corrected chi connectivity index (χ3v) is 6.84. The number of aryl methyl sites for hydroxylation is 3. The zero-order valence-corrected chi connectivity index (χ0v) is 20.2. The van der Waals surface area contributed by atoms with E-state index in [1.165, 1.54) is 22.2 Å². The first kappa shape index (κ1) is 23.4. The first-order chi connectivity index (χ1) is 16.3. The molecule has 0 bridgehead atoms. The van der Waals surface area contributed by atoms with Crippen LogP contribution in [0.5, 0.6) is 0 Å². The van der Waals surface area contributed by atoms with Crippen LogP contribution in [0.4, 0.5) is 5.69 Å². The third-order valence-electron chi connectivity index (χ3n) is 5.65. The van der Waals surface area contributed by atoms with Gasteiger partial charge in [0.05, 0.1) is 16.6 Å². The molecule has 0 saturated heterocycles. The highest BCUT2D eigenvalue weighted by Crippen LogP contribution is 2.28. The Balaban J connectivity index is 1.48. The maximum Gasteiger partial charge on any atom is 0.266 e. The van der Waals surface area contributed by atoms with Crippen LogP contribution in [0.3, 0.4) is 0 Å². The van der Waals surface area contributed by atoms with E-state index >= 15 is 0 Å². The summed E-state index contributed by atoms with van der Waals surface area (Å²) in [6.07, 6.45) is 2.07. The fourth-order valence-electron chi connectivity index (χ4n) is 3.82. The predicted octanol–water partition coefficient (Wildman–Crippen LogP) is 3.99. The van der Waals surface area contributed by atoms with Crippen molar-refractivity contribution in [2.45, 2.75) is 33.7 Å². The summed E-state index contributed by atoms with van der Waals surface area (Å²) in [5.74, 6) is -0.545. The minimum absolute atomic E-state index is 0.129. The predicted molar refractivity (Wildman–Crippen MR) is 136 cm³/mol. The molecule has 0 atom stereocenters. The Bertz CT molecular complexity index is 1420. The Labute approximate surface area is 201 Å². The molecule has 4 rings (SSSR count). The van der Waals surface area contributed by atoms with Crippen LogP contribution in [0.25, 0.3) is 10.2 Å². The van der Waals surface area contributed by atoms with Gasteiger partial charge in [0.1, 0.15) is 11.4 Å². The molecule has 2 amide bonds. The van der Waals surface area contributed by atoms with E-state index < -0.39 is 0 Å². The van der Waals surface area contributed by atoms with Crippen molar-refractivity contribution < 1.29 is 9.59 Å². The molecule has 0 aliphatic carbocycles.